The number of unbranched alkanes of at least 4 members (excludes halogenated alkanes) is 35. The third-order valence-corrected chi connectivity index (χ3v) is 13.1. The van der Waals surface area contributed by atoms with E-state index in [1.165, 1.54) is 199 Å². The molecule has 0 aromatic heterocycles. The van der Waals surface area contributed by atoms with E-state index in [0.29, 0.717) is 23.9 Å². The summed E-state index contributed by atoms with van der Waals surface area (Å²) < 4.78 is 23.3. The Morgan fingerprint density at radius 1 is 0.525 bits per heavy atom. The Morgan fingerprint density at radius 3 is 1.15 bits per heavy atom. The van der Waals surface area contributed by atoms with E-state index in [1.54, 1.807) is 0 Å². The van der Waals surface area contributed by atoms with Gasteiger partial charge in [-0.1, -0.05) is 245 Å². The van der Waals surface area contributed by atoms with Crippen LogP contribution >= 0.6 is 7.82 Å². The summed E-state index contributed by atoms with van der Waals surface area (Å²) in [5.74, 6) is -0.162. The summed E-state index contributed by atoms with van der Waals surface area (Å²) in [6.07, 6.45) is 48.4. The van der Waals surface area contributed by atoms with Crippen LogP contribution in [0.15, 0.2) is 0 Å². The van der Waals surface area contributed by atoms with Gasteiger partial charge in [-0.25, -0.2) is 0 Å². The lowest BCUT2D eigenvalue weighted by molar-refractivity contribution is -0.870. The highest BCUT2D eigenvalue weighted by molar-refractivity contribution is 7.45. The quantitative estimate of drug-likeness (QED) is 0.0358. The molecule has 0 saturated carbocycles. The first kappa shape index (κ1) is 58.5. The number of hydrogen-bond donors (Lipinski definition) is 2. The minimum absolute atomic E-state index is 0.0162. The van der Waals surface area contributed by atoms with Crippen LogP contribution in [0.5, 0.6) is 0 Å². The number of aliphatic hydroxyl groups excluding tert-OH is 1. The largest absolute Gasteiger partial charge is 0.756 e. The molecule has 8 nitrogen and oxygen atoms in total. The van der Waals surface area contributed by atoms with Gasteiger partial charge in [-0.3, -0.25) is 9.36 Å². The van der Waals surface area contributed by atoms with Crippen LogP contribution in [-0.4, -0.2) is 68.5 Å². The number of amides is 1. The summed E-state index contributed by atoms with van der Waals surface area (Å²) in [4.78, 5) is 25.3. The molecule has 1 amide bonds. The molecule has 0 aliphatic carbocycles. The van der Waals surface area contributed by atoms with Crippen molar-refractivity contribution in [1.29, 1.82) is 0 Å². The van der Waals surface area contributed by atoms with Gasteiger partial charge in [-0.2, -0.15) is 0 Å². The zero-order valence-electron chi connectivity index (χ0n) is 40.2. The van der Waals surface area contributed by atoms with Crippen LogP contribution in [-0.2, 0) is 18.4 Å². The van der Waals surface area contributed by atoms with Crippen molar-refractivity contribution in [3.8, 4) is 0 Å². The summed E-state index contributed by atoms with van der Waals surface area (Å²) >= 11 is 0. The van der Waals surface area contributed by atoms with Gasteiger partial charge in [0.25, 0.3) is 7.82 Å². The third-order valence-electron chi connectivity index (χ3n) is 12.1. The Bertz CT molecular complexity index is 932. The van der Waals surface area contributed by atoms with Gasteiger partial charge in [0.05, 0.1) is 39.9 Å². The molecule has 0 saturated heterocycles. The molecule has 0 aromatic rings. The predicted molar refractivity (Wildman–Crippen MR) is 252 cm³/mol. The average Bonchev–Trinajstić information content (AvgIpc) is 3.19. The number of hydrogen-bond acceptors (Lipinski definition) is 6. The molecule has 0 bridgehead atoms. The number of carbonyl (C=O) groups is 1. The number of phosphoric ester groups is 1. The van der Waals surface area contributed by atoms with Crippen LogP contribution in [0.3, 0.4) is 0 Å². The zero-order chi connectivity index (χ0) is 43.6. The number of rotatable bonds is 48. The second kappa shape index (κ2) is 42.8. The van der Waals surface area contributed by atoms with Gasteiger partial charge in [-0.05, 0) is 12.8 Å². The Labute approximate surface area is 368 Å². The topological polar surface area (TPSA) is 108 Å². The number of nitrogens with zero attached hydrogens (tertiary/aromatic N) is 1. The molecular formula is C50H103N2O6P. The van der Waals surface area contributed by atoms with Gasteiger partial charge < -0.3 is 28.8 Å². The van der Waals surface area contributed by atoms with Crippen molar-refractivity contribution in [3.63, 3.8) is 0 Å². The fourth-order valence-corrected chi connectivity index (χ4v) is 8.71. The molecular weight excluding hydrogens is 756 g/mol. The minimum atomic E-state index is -4.56. The maximum Gasteiger partial charge on any atom is 0.268 e. The van der Waals surface area contributed by atoms with E-state index in [2.05, 4.69) is 19.2 Å². The minimum Gasteiger partial charge on any atom is -0.756 e. The van der Waals surface area contributed by atoms with E-state index < -0.39 is 20.0 Å². The van der Waals surface area contributed by atoms with Crippen LogP contribution in [0.2, 0.25) is 0 Å². The normalized spacial score (nSPS) is 14.1. The number of carbonyl (C=O) groups excluding carboxylic acids is 1. The predicted octanol–water partition coefficient (Wildman–Crippen LogP) is 14.3. The standard InChI is InChI=1S/C50H103N2O6P/c1-6-8-10-12-14-16-18-19-20-21-22-23-24-25-26-27-28-29-30-31-32-34-35-37-39-41-43-49(53)48(47-58-59(55,56)57-46-45-52(3,4)5)51-50(54)44-42-40-38-36-33-17-15-13-11-9-7-2/h48-49,53H,6-47H2,1-5H3,(H-,51,54,55,56). The highest BCUT2D eigenvalue weighted by Crippen LogP contribution is 2.38. The molecule has 3 unspecified atom stereocenters. The lowest BCUT2D eigenvalue weighted by Crippen LogP contribution is -2.46. The fourth-order valence-electron chi connectivity index (χ4n) is 7.98. The van der Waals surface area contributed by atoms with Gasteiger partial charge in [0.1, 0.15) is 13.2 Å². The van der Waals surface area contributed by atoms with E-state index in [4.69, 9.17) is 9.05 Å². The van der Waals surface area contributed by atoms with Crippen molar-refractivity contribution >= 4 is 13.7 Å². The average molecular weight is 859 g/mol. The highest BCUT2D eigenvalue weighted by Gasteiger charge is 2.24. The molecule has 0 aliphatic heterocycles. The monoisotopic (exact) mass is 859 g/mol. The molecule has 0 radical (unpaired) electrons. The fraction of sp³-hybridized carbons (Fsp3) is 0.980. The SMILES string of the molecule is CCCCCCCCCCCCCCCCCCCCCCCCCCCCC(O)C(COP(=O)([O-])OCC[N+](C)(C)C)NC(=O)CCCCCCCCCCCCC. The molecule has 2 N–H and O–H groups in total. The first-order chi connectivity index (χ1) is 28.5. The summed E-state index contributed by atoms with van der Waals surface area (Å²) in [6.45, 7) is 4.74. The summed E-state index contributed by atoms with van der Waals surface area (Å²) in [5.41, 5.74) is 0. The smallest absolute Gasteiger partial charge is 0.268 e. The number of nitrogens with one attached hydrogen (secondary N) is 1. The van der Waals surface area contributed by atoms with Crippen molar-refractivity contribution in [2.45, 2.75) is 276 Å². The van der Waals surface area contributed by atoms with Crippen LogP contribution in [0.4, 0.5) is 0 Å². The number of aliphatic hydroxyl groups is 1. The van der Waals surface area contributed by atoms with Crippen molar-refractivity contribution in [1.82, 2.24) is 5.32 Å². The Hall–Kier alpha value is -0.500. The lowest BCUT2D eigenvalue weighted by atomic mass is 10.0. The van der Waals surface area contributed by atoms with Gasteiger partial charge >= 0.3 is 0 Å². The zero-order valence-corrected chi connectivity index (χ0v) is 41.1. The van der Waals surface area contributed by atoms with Crippen molar-refractivity contribution in [2.24, 2.45) is 0 Å². The maximum absolute atomic E-state index is 12.9. The Balaban J connectivity index is 4.08. The number of likely N-dealkylation sites (N-methyl/N-ethyl adjacent to an activating group) is 1. The van der Waals surface area contributed by atoms with Gasteiger partial charge in [0.15, 0.2) is 0 Å². The number of phosphoric acid groups is 1. The first-order valence-electron chi connectivity index (χ1n) is 25.9. The van der Waals surface area contributed by atoms with E-state index in [1.807, 2.05) is 21.1 Å². The maximum atomic E-state index is 12.9. The highest BCUT2D eigenvalue weighted by atomic mass is 31.2. The van der Waals surface area contributed by atoms with E-state index >= 15 is 0 Å². The molecule has 0 spiro atoms. The molecule has 0 aliphatic rings. The molecule has 0 rings (SSSR count). The molecule has 0 aromatic carbocycles. The first-order valence-corrected chi connectivity index (χ1v) is 27.3. The summed E-state index contributed by atoms with van der Waals surface area (Å²) in [6, 6.07) is -0.793. The number of quaternary nitrogens is 1. The van der Waals surface area contributed by atoms with Crippen molar-refractivity contribution < 1.29 is 32.9 Å². The van der Waals surface area contributed by atoms with Crippen LogP contribution in [0, 0.1) is 0 Å². The molecule has 3 atom stereocenters. The lowest BCUT2D eigenvalue weighted by Gasteiger charge is -2.30. The van der Waals surface area contributed by atoms with Gasteiger partial charge in [0, 0.05) is 6.42 Å². The van der Waals surface area contributed by atoms with E-state index in [0.717, 1.165) is 38.5 Å². The second-order valence-electron chi connectivity index (χ2n) is 19.2. The van der Waals surface area contributed by atoms with Crippen LogP contribution in [0.25, 0.3) is 0 Å². The molecule has 59 heavy (non-hydrogen) atoms. The molecule has 9 heteroatoms. The second-order valence-corrected chi connectivity index (χ2v) is 20.7. The Kier molecular flexibility index (Phi) is 42.4. The third kappa shape index (κ3) is 45.3. The molecule has 0 fully saturated rings. The van der Waals surface area contributed by atoms with Crippen LogP contribution < -0.4 is 10.2 Å². The van der Waals surface area contributed by atoms with Crippen molar-refractivity contribution in [2.75, 3.05) is 40.9 Å². The summed E-state index contributed by atoms with van der Waals surface area (Å²) in [7, 11) is 1.32. The molecule has 354 valence electrons. The van der Waals surface area contributed by atoms with Gasteiger partial charge in [-0.15, -0.1) is 0 Å². The summed E-state index contributed by atoms with van der Waals surface area (Å²) in [5, 5.41) is 13.9. The van der Waals surface area contributed by atoms with E-state index in [-0.39, 0.29) is 19.1 Å². The molecule has 0 heterocycles. The van der Waals surface area contributed by atoms with Crippen molar-refractivity contribution in [3.05, 3.63) is 0 Å². The van der Waals surface area contributed by atoms with Gasteiger partial charge in [0.2, 0.25) is 5.91 Å². The van der Waals surface area contributed by atoms with E-state index in [9.17, 15) is 19.4 Å². The van der Waals surface area contributed by atoms with Crippen LogP contribution in [0.1, 0.15) is 264 Å². The Morgan fingerprint density at radius 2 is 0.831 bits per heavy atom.